The van der Waals surface area contributed by atoms with Gasteiger partial charge in [-0.3, -0.25) is 4.90 Å². The maximum absolute atomic E-state index is 11.9. The predicted octanol–water partition coefficient (Wildman–Crippen LogP) is 11.7. The van der Waals surface area contributed by atoms with Gasteiger partial charge in [-0.2, -0.15) is 0 Å². The van der Waals surface area contributed by atoms with Gasteiger partial charge in [0.25, 0.3) is 0 Å². The topological polar surface area (TPSA) is 49.2 Å². The molecule has 0 fully saturated rings. The largest absolute Gasteiger partial charge is 0.505 e. The number of para-hydroxylation sites is 1. The van der Waals surface area contributed by atoms with E-state index in [1.54, 1.807) is 0 Å². The number of rotatable bonds is 4. The van der Waals surface area contributed by atoms with Crippen LogP contribution >= 0.6 is 0 Å². The lowest BCUT2D eigenvalue weighted by Gasteiger charge is -2.41. The molecule has 0 radical (unpaired) electrons. The van der Waals surface area contributed by atoms with E-state index in [9.17, 15) is 5.11 Å². The molecule has 0 unspecified atom stereocenters. The summed E-state index contributed by atoms with van der Waals surface area (Å²) in [5, 5.41) is 12.9. The van der Waals surface area contributed by atoms with Gasteiger partial charge in [-0.05, 0) is 114 Å². The summed E-state index contributed by atoms with van der Waals surface area (Å²) in [4.78, 5) is 12.3. The molecule has 49 heavy (non-hydrogen) atoms. The third-order valence-electron chi connectivity index (χ3n) is 10.2. The van der Waals surface area contributed by atoms with Crippen LogP contribution in [0.3, 0.4) is 0 Å². The molecule has 0 amide bonds. The van der Waals surface area contributed by atoms with Gasteiger partial charge < -0.3 is 5.11 Å². The van der Waals surface area contributed by atoms with Crippen LogP contribution in [0.25, 0.3) is 44.4 Å². The predicted molar refractivity (Wildman–Crippen MR) is 203 cm³/mol. The molecule has 0 spiro atoms. The lowest BCUT2D eigenvalue weighted by atomic mass is 9.73. The van der Waals surface area contributed by atoms with E-state index >= 15 is 0 Å². The molecular weight excluding hydrogens is 599 g/mol. The smallest absolute Gasteiger partial charge is 0.149 e. The first-order valence-electron chi connectivity index (χ1n) is 16.9. The Bertz CT molecular complexity index is 2400. The Morgan fingerprint density at radius 2 is 1.33 bits per heavy atom. The van der Waals surface area contributed by atoms with E-state index in [0.717, 1.165) is 67.2 Å². The molecule has 1 aliphatic rings. The molecule has 4 nitrogen and oxygen atoms in total. The Kier molecular flexibility index (Phi) is 7.15. The maximum atomic E-state index is 11.9. The summed E-state index contributed by atoms with van der Waals surface area (Å²) in [7, 11) is 0. The highest BCUT2D eigenvalue weighted by Crippen LogP contribution is 2.52. The van der Waals surface area contributed by atoms with Crippen molar-refractivity contribution in [3.05, 3.63) is 155 Å². The molecule has 7 aromatic rings. The van der Waals surface area contributed by atoms with E-state index in [-0.39, 0.29) is 11.2 Å². The highest BCUT2D eigenvalue weighted by atomic mass is 16.3. The van der Waals surface area contributed by atoms with Crippen LogP contribution in [0.2, 0.25) is 0 Å². The van der Waals surface area contributed by atoms with Crippen molar-refractivity contribution in [2.24, 2.45) is 0 Å². The number of anilines is 3. The Morgan fingerprint density at radius 3 is 2.08 bits per heavy atom. The molecule has 0 aliphatic carbocycles. The zero-order valence-electron chi connectivity index (χ0n) is 28.8. The van der Waals surface area contributed by atoms with Crippen LogP contribution in [0.5, 0.6) is 5.75 Å². The second kappa shape index (κ2) is 11.5. The molecule has 0 atom stereocenters. The van der Waals surface area contributed by atoms with Gasteiger partial charge in [0, 0.05) is 28.1 Å². The Labute approximate surface area is 288 Å². The van der Waals surface area contributed by atoms with Crippen molar-refractivity contribution < 1.29 is 5.11 Å². The van der Waals surface area contributed by atoms with Gasteiger partial charge >= 0.3 is 0 Å². The van der Waals surface area contributed by atoms with Crippen molar-refractivity contribution in [1.82, 2.24) is 9.97 Å². The summed E-state index contributed by atoms with van der Waals surface area (Å²) in [5.41, 5.74) is 15.6. The minimum Gasteiger partial charge on any atom is -0.505 e. The fourth-order valence-electron chi connectivity index (χ4n) is 7.75. The van der Waals surface area contributed by atoms with Crippen molar-refractivity contribution in [1.29, 1.82) is 0 Å². The number of phenols is 1. The van der Waals surface area contributed by atoms with Gasteiger partial charge in [0.05, 0.1) is 17.1 Å². The number of hydrogen-bond acceptors (Lipinski definition) is 4. The summed E-state index contributed by atoms with van der Waals surface area (Å²) in [5.74, 6) is 1.09. The number of hydrogen-bond donors (Lipinski definition) is 1. The summed E-state index contributed by atoms with van der Waals surface area (Å²) < 4.78 is 0. The lowest BCUT2D eigenvalue weighted by molar-refractivity contribution is 0.482. The SMILES string of the molecule is Cc1ccnc(N2c3ccccc3C(C)(C)c3ccc(-c4ccc5c(C)cc(-c6c(C)cc(-c7ccccc7)cc6C)c(O)c5n4)cc32)c1. The number of aromatic hydroxyl groups is 1. The minimum atomic E-state index is -0.211. The quantitative estimate of drug-likeness (QED) is 0.209. The van der Waals surface area contributed by atoms with Gasteiger partial charge in [-0.1, -0.05) is 92.7 Å². The maximum Gasteiger partial charge on any atom is 0.149 e. The first-order valence-corrected chi connectivity index (χ1v) is 16.9. The van der Waals surface area contributed by atoms with Gasteiger partial charge in [0.1, 0.15) is 17.1 Å². The van der Waals surface area contributed by atoms with Crippen molar-refractivity contribution >= 4 is 28.1 Å². The second-order valence-electron chi connectivity index (χ2n) is 13.9. The number of fused-ring (bicyclic) bond motifs is 3. The third kappa shape index (κ3) is 4.98. The Hall–Kier alpha value is -5.74. The zero-order chi connectivity index (χ0) is 34.0. The molecular formula is C45H39N3O. The van der Waals surface area contributed by atoms with Crippen LogP contribution in [0, 0.1) is 27.7 Å². The summed E-state index contributed by atoms with van der Waals surface area (Å²) in [6.45, 7) is 13.0. The number of phenolic OH excluding ortho intramolecular Hbond substituents is 1. The van der Waals surface area contributed by atoms with Crippen LogP contribution in [0.1, 0.15) is 47.2 Å². The summed E-state index contributed by atoms with van der Waals surface area (Å²) in [6, 6.07) is 40.5. The van der Waals surface area contributed by atoms with E-state index < -0.39 is 0 Å². The molecule has 1 aliphatic heterocycles. The van der Waals surface area contributed by atoms with Gasteiger partial charge in [-0.25, -0.2) is 9.97 Å². The van der Waals surface area contributed by atoms with E-state index in [1.807, 2.05) is 18.3 Å². The minimum absolute atomic E-state index is 0.208. The highest BCUT2D eigenvalue weighted by Gasteiger charge is 2.37. The average molecular weight is 638 g/mol. The molecule has 4 heteroatoms. The number of pyridine rings is 2. The van der Waals surface area contributed by atoms with Crippen molar-refractivity contribution in [3.63, 3.8) is 0 Å². The Balaban J connectivity index is 1.28. The number of nitrogens with zero attached hydrogens (tertiary/aromatic N) is 3. The van der Waals surface area contributed by atoms with Crippen molar-refractivity contribution in [2.75, 3.05) is 4.90 Å². The first-order chi connectivity index (χ1) is 23.6. The fourth-order valence-corrected chi connectivity index (χ4v) is 7.75. The molecule has 3 heterocycles. The number of benzene rings is 5. The number of aryl methyl sites for hydroxylation is 4. The van der Waals surface area contributed by atoms with E-state index in [1.165, 1.54) is 22.3 Å². The van der Waals surface area contributed by atoms with Crippen LogP contribution in [-0.2, 0) is 5.41 Å². The van der Waals surface area contributed by atoms with Gasteiger partial charge in [0.15, 0.2) is 0 Å². The van der Waals surface area contributed by atoms with E-state index in [2.05, 4.69) is 150 Å². The van der Waals surface area contributed by atoms with E-state index in [0.29, 0.717) is 5.52 Å². The summed E-state index contributed by atoms with van der Waals surface area (Å²) >= 11 is 0. The molecule has 1 N–H and O–H groups in total. The van der Waals surface area contributed by atoms with Crippen molar-refractivity contribution in [2.45, 2.75) is 47.0 Å². The normalized spacial score (nSPS) is 13.3. The molecule has 0 saturated heterocycles. The van der Waals surface area contributed by atoms with Crippen LogP contribution in [0.15, 0.2) is 121 Å². The first kappa shape index (κ1) is 30.6. The van der Waals surface area contributed by atoms with Crippen LogP contribution < -0.4 is 4.90 Å². The summed E-state index contributed by atoms with van der Waals surface area (Å²) in [6.07, 6.45) is 1.88. The molecule has 2 aromatic heterocycles. The third-order valence-corrected chi connectivity index (χ3v) is 10.2. The number of aromatic nitrogens is 2. The zero-order valence-corrected chi connectivity index (χ0v) is 28.8. The lowest BCUT2D eigenvalue weighted by Crippen LogP contribution is -2.31. The van der Waals surface area contributed by atoms with E-state index in [4.69, 9.17) is 9.97 Å². The molecule has 8 rings (SSSR count). The second-order valence-corrected chi connectivity index (χ2v) is 13.9. The molecule has 0 saturated carbocycles. The molecule has 0 bridgehead atoms. The van der Waals surface area contributed by atoms with Crippen LogP contribution in [0.4, 0.5) is 17.2 Å². The Morgan fingerprint density at radius 1 is 0.612 bits per heavy atom. The van der Waals surface area contributed by atoms with Gasteiger partial charge in [-0.15, -0.1) is 0 Å². The fraction of sp³-hybridized carbons (Fsp3) is 0.156. The average Bonchev–Trinajstić information content (AvgIpc) is 3.10. The van der Waals surface area contributed by atoms with Crippen molar-refractivity contribution in [3.8, 4) is 39.3 Å². The van der Waals surface area contributed by atoms with Gasteiger partial charge in [0.2, 0.25) is 0 Å². The monoisotopic (exact) mass is 637 g/mol. The molecule has 5 aromatic carbocycles. The van der Waals surface area contributed by atoms with Crippen LogP contribution in [-0.4, -0.2) is 15.1 Å². The highest BCUT2D eigenvalue weighted by molar-refractivity contribution is 5.97. The standard InChI is InChI=1S/C45H39N3O/c1-27-20-21-46-41(22-27)48-39-15-11-10-14-36(39)45(5,6)37-18-16-32(26-40(37)48)38-19-17-34-28(2)25-35(44(49)43(34)47-38)42-29(3)23-33(24-30(42)4)31-12-8-7-9-13-31/h7-26,49H,1-6H3. The molecule has 240 valence electrons.